The average Bonchev–Trinajstić information content (AvgIpc) is 2.74. The molecule has 0 saturated carbocycles. The first-order chi connectivity index (χ1) is 10.8. The van der Waals surface area contributed by atoms with Gasteiger partial charge in [-0.25, -0.2) is 0 Å². The molecule has 0 radical (unpaired) electrons. The van der Waals surface area contributed by atoms with Gasteiger partial charge in [0.25, 0.3) is 0 Å². The summed E-state index contributed by atoms with van der Waals surface area (Å²) in [5.41, 5.74) is 2.37. The summed E-state index contributed by atoms with van der Waals surface area (Å²) in [4.78, 5) is 14.9. The topological polar surface area (TPSA) is 32.3 Å². The lowest BCUT2D eigenvalue weighted by molar-refractivity contribution is -0.123. The van der Waals surface area contributed by atoms with Gasteiger partial charge in [0.05, 0.1) is 11.1 Å². The second-order valence-electron chi connectivity index (χ2n) is 7.18. The van der Waals surface area contributed by atoms with Gasteiger partial charge < -0.3 is 0 Å². The van der Waals surface area contributed by atoms with Gasteiger partial charge in [0, 0.05) is 12.2 Å². The molecule has 0 aromatic heterocycles. The number of hydrogen-bond donors (Lipinski definition) is 1. The molecule has 0 bridgehead atoms. The summed E-state index contributed by atoms with van der Waals surface area (Å²) in [6, 6.07) is 18.3. The summed E-state index contributed by atoms with van der Waals surface area (Å²) >= 11 is 0. The van der Waals surface area contributed by atoms with Crippen LogP contribution in [-0.2, 0) is 16.8 Å². The lowest BCUT2D eigenvalue weighted by Gasteiger charge is -2.38. The van der Waals surface area contributed by atoms with E-state index < -0.39 is 11.1 Å². The van der Waals surface area contributed by atoms with Crippen molar-refractivity contribution in [1.29, 1.82) is 0 Å². The Kier molecular flexibility index (Phi) is 3.77. The molecule has 3 heteroatoms. The van der Waals surface area contributed by atoms with Gasteiger partial charge in [0.1, 0.15) is 0 Å². The number of amides is 1. The standard InChI is InChI=1S/C20H24N2O/c1-19(2)16-12-8-9-13-17(16)22(18(19)23)20(3,4)21-14-15-10-6-5-7-11-15/h5-13,21H,14H2,1-4H3. The van der Waals surface area contributed by atoms with E-state index in [9.17, 15) is 4.79 Å². The van der Waals surface area contributed by atoms with Crippen LogP contribution in [0.2, 0.25) is 0 Å². The molecule has 1 aliphatic rings. The molecular formula is C20H24N2O. The Labute approximate surface area is 138 Å². The highest BCUT2D eigenvalue weighted by atomic mass is 16.2. The SMILES string of the molecule is CC1(C)C(=O)N(C(C)(C)NCc2ccccc2)c2ccccc21. The van der Waals surface area contributed by atoms with E-state index in [0.717, 1.165) is 17.8 Å². The summed E-state index contributed by atoms with van der Waals surface area (Å²) in [6.07, 6.45) is 0. The molecule has 1 N–H and O–H groups in total. The third-order valence-electron chi connectivity index (χ3n) is 4.68. The molecule has 2 aromatic rings. The first kappa shape index (κ1) is 15.8. The van der Waals surface area contributed by atoms with E-state index in [1.165, 1.54) is 5.56 Å². The van der Waals surface area contributed by atoms with E-state index in [1.807, 2.05) is 55.1 Å². The lowest BCUT2D eigenvalue weighted by atomic mass is 9.86. The van der Waals surface area contributed by atoms with Gasteiger partial charge in [-0.05, 0) is 44.9 Å². The summed E-state index contributed by atoms with van der Waals surface area (Å²) in [6.45, 7) is 8.85. The minimum absolute atomic E-state index is 0.143. The summed E-state index contributed by atoms with van der Waals surface area (Å²) in [7, 11) is 0. The second-order valence-corrected chi connectivity index (χ2v) is 7.18. The maximum atomic E-state index is 13.0. The Hall–Kier alpha value is -2.13. The predicted octanol–water partition coefficient (Wildman–Crippen LogP) is 3.84. The number of hydrogen-bond acceptors (Lipinski definition) is 2. The number of nitrogens with one attached hydrogen (secondary N) is 1. The number of carbonyl (C=O) groups excluding carboxylic acids is 1. The molecule has 0 spiro atoms. The monoisotopic (exact) mass is 308 g/mol. The smallest absolute Gasteiger partial charge is 0.238 e. The van der Waals surface area contributed by atoms with Crippen LogP contribution in [0.15, 0.2) is 54.6 Å². The normalized spacial score (nSPS) is 16.5. The van der Waals surface area contributed by atoms with Crippen molar-refractivity contribution in [2.45, 2.75) is 45.3 Å². The number of rotatable bonds is 4. The fraction of sp³-hybridized carbons (Fsp3) is 0.350. The molecule has 3 rings (SSSR count). The minimum Gasteiger partial charge on any atom is -0.293 e. The van der Waals surface area contributed by atoms with Gasteiger partial charge in [-0.1, -0.05) is 48.5 Å². The molecule has 1 aliphatic heterocycles. The molecule has 23 heavy (non-hydrogen) atoms. The molecule has 120 valence electrons. The van der Waals surface area contributed by atoms with Gasteiger partial charge in [-0.15, -0.1) is 0 Å². The first-order valence-electron chi connectivity index (χ1n) is 8.07. The van der Waals surface area contributed by atoms with Crippen molar-refractivity contribution in [3.8, 4) is 0 Å². The van der Waals surface area contributed by atoms with Crippen molar-refractivity contribution in [3.05, 3.63) is 65.7 Å². The third-order valence-corrected chi connectivity index (χ3v) is 4.68. The molecule has 2 aromatic carbocycles. The molecule has 1 amide bonds. The van der Waals surface area contributed by atoms with Gasteiger partial charge in [-0.2, -0.15) is 0 Å². The molecule has 1 heterocycles. The van der Waals surface area contributed by atoms with Gasteiger partial charge in [0.2, 0.25) is 5.91 Å². The van der Waals surface area contributed by atoms with Crippen molar-refractivity contribution >= 4 is 11.6 Å². The fourth-order valence-corrected chi connectivity index (χ4v) is 3.25. The van der Waals surface area contributed by atoms with Crippen molar-refractivity contribution in [2.75, 3.05) is 4.90 Å². The van der Waals surface area contributed by atoms with Crippen molar-refractivity contribution in [3.63, 3.8) is 0 Å². The van der Waals surface area contributed by atoms with Crippen LogP contribution in [0.4, 0.5) is 5.69 Å². The van der Waals surface area contributed by atoms with Crippen molar-refractivity contribution in [1.82, 2.24) is 5.32 Å². The highest BCUT2D eigenvalue weighted by Gasteiger charge is 2.48. The largest absolute Gasteiger partial charge is 0.293 e. The summed E-state index contributed by atoms with van der Waals surface area (Å²) < 4.78 is 0. The lowest BCUT2D eigenvalue weighted by Crippen LogP contribution is -2.57. The van der Waals surface area contributed by atoms with E-state index >= 15 is 0 Å². The average molecular weight is 308 g/mol. The Bertz CT molecular complexity index is 719. The van der Waals surface area contributed by atoms with Crippen LogP contribution in [0.25, 0.3) is 0 Å². The maximum absolute atomic E-state index is 13.0. The van der Waals surface area contributed by atoms with Crippen LogP contribution in [0.5, 0.6) is 0 Å². The highest BCUT2D eigenvalue weighted by molar-refractivity contribution is 6.08. The molecule has 0 saturated heterocycles. The zero-order valence-corrected chi connectivity index (χ0v) is 14.3. The van der Waals surface area contributed by atoms with Gasteiger partial charge in [0.15, 0.2) is 0 Å². The molecule has 0 atom stereocenters. The summed E-state index contributed by atoms with van der Waals surface area (Å²) in [5.74, 6) is 0.143. The number of anilines is 1. The number of benzene rings is 2. The van der Waals surface area contributed by atoms with Crippen molar-refractivity contribution < 1.29 is 4.79 Å². The predicted molar refractivity (Wildman–Crippen MR) is 94.3 cm³/mol. The molecular weight excluding hydrogens is 284 g/mol. The van der Waals surface area contributed by atoms with Crippen LogP contribution in [0, 0.1) is 0 Å². The Morgan fingerprint density at radius 3 is 2.30 bits per heavy atom. The molecule has 0 unspecified atom stereocenters. The van der Waals surface area contributed by atoms with E-state index in [0.29, 0.717) is 0 Å². The summed E-state index contributed by atoms with van der Waals surface area (Å²) in [5, 5.41) is 3.53. The number of para-hydroxylation sites is 1. The second kappa shape index (κ2) is 5.50. The van der Waals surface area contributed by atoms with E-state index in [2.05, 4.69) is 37.4 Å². The molecule has 3 nitrogen and oxygen atoms in total. The van der Waals surface area contributed by atoms with Gasteiger partial charge >= 0.3 is 0 Å². The van der Waals surface area contributed by atoms with Crippen LogP contribution in [-0.4, -0.2) is 11.6 Å². The molecule has 0 fully saturated rings. The molecule has 0 aliphatic carbocycles. The number of fused-ring (bicyclic) bond motifs is 1. The quantitative estimate of drug-likeness (QED) is 0.931. The maximum Gasteiger partial charge on any atom is 0.238 e. The fourth-order valence-electron chi connectivity index (χ4n) is 3.25. The van der Waals surface area contributed by atoms with Crippen LogP contribution in [0.3, 0.4) is 0 Å². The Morgan fingerprint density at radius 1 is 1.00 bits per heavy atom. The highest BCUT2D eigenvalue weighted by Crippen LogP contribution is 2.44. The Balaban J connectivity index is 1.89. The van der Waals surface area contributed by atoms with E-state index in [4.69, 9.17) is 0 Å². The number of carbonyl (C=O) groups is 1. The van der Waals surface area contributed by atoms with Crippen molar-refractivity contribution in [2.24, 2.45) is 0 Å². The first-order valence-corrected chi connectivity index (χ1v) is 8.07. The van der Waals surface area contributed by atoms with Gasteiger partial charge in [-0.3, -0.25) is 15.0 Å². The third kappa shape index (κ3) is 2.66. The van der Waals surface area contributed by atoms with E-state index in [1.54, 1.807) is 0 Å². The van der Waals surface area contributed by atoms with Crippen LogP contribution < -0.4 is 10.2 Å². The number of nitrogens with zero attached hydrogens (tertiary/aromatic N) is 1. The van der Waals surface area contributed by atoms with E-state index in [-0.39, 0.29) is 5.91 Å². The zero-order chi connectivity index (χ0) is 16.7. The minimum atomic E-state index is -0.484. The van der Waals surface area contributed by atoms with Crippen LogP contribution in [0.1, 0.15) is 38.8 Å². The zero-order valence-electron chi connectivity index (χ0n) is 14.3. The Morgan fingerprint density at radius 2 is 1.61 bits per heavy atom. The van der Waals surface area contributed by atoms with Crippen LogP contribution >= 0.6 is 0 Å².